The van der Waals surface area contributed by atoms with E-state index in [0.29, 0.717) is 33.7 Å². The van der Waals surface area contributed by atoms with Crippen LogP contribution in [-0.2, 0) is 0 Å². The Morgan fingerprint density at radius 1 is 1.22 bits per heavy atom. The number of furan rings is 1. The Morgan fingerprint density at radius 3 is 2.78 bits per heavy atom. The van der Waals surface area contributed by atoms with Gasteiger partial charge in [0, 0.05) is 17.3 Å². The minimum Gasteiger partial charge on any atom is -0.434 e. The van der Waals surface area contributed by atoms with Crippen LogP contribution < -0.4 is 11.1 Å². The van der Waals surface area contributed by atoms with Crippen LogP contribution in [0.1, 0.15) is 0 Å². The van der Waals surface area contributed by atoms with E-state index in [4.69, 9.17) is 28.3 Å². The fourth-order valence-corrected chi connectivity index (χ4v) is 2.86. The second-order valence-electron chi connectivity index (χ2n) is 5.63. The van der Waals surface area contributed by atoms with Crippen molar-refractivity contribution in [3.63, 3.8) is 0 Å². The summed E-state index contributed by atoms with van der Waals surface area (Å²) in [4.78, 5) is 12.0. The van der Waals surface area contributed by atoms with E-state index < -0.39 is 5.82 Å². The molecule has 27 heavy (non-hydrogen) atoms. The van der Waals surface area contributed by atoms with Gasteiger partial charge >= 0.3 is 0 Å². The van der Waals surface area contributed by atoms with E-state index in [1.54, 1.807) is 24.4 Å². The molecule has 0 atom stereocenters. The number of rotatable bonds is 3. The molecule has 0 aliphatic heterocycles. The average molecular weight is 380 g/mol. The molecule has 3 aromatic heterocycles. The number of hydrogen-bond acceptors (Lipinski definition) is 5. The zero-order chi connectivity index (χ0) is 19.0. The topological polar surface area (TPSA) is 81.3 Å². The van der Waals surface area contributed by atoms with Crippen molar-refractivity contribution in [2.24, 2.45) is 0 Å². The normalized spacial score (nSPS) is 10.7. The molecule has 0 radical (unpaired) electrons. The Balaban J connectivity index is 1.91. The summed E-state index contributed by atoms with van der Waals surface area (Å²) in [5.41, 5.74) is 8.38. The van der Waals surface area contributed by atoms with Crippen molar-refractivity contribution in [3.8, 4) is 11.4 Å². The molecule has 4 rings (SSSR count). The number of nitrogens with two attached hydrogens (primary N) is 1. The average Bonchev–Trinajstić information content (AvgIpc) is 3.00. The predicted octanol–water partition coefficient (Wildman–Crippen LogP) is 5.56. The fraction of sp³-hybridized carbons (Fsp3) is 0. The van der Waals surface area contributed by atoms with Crippen molar-refractivity contribution < 1.29 is 8.81 Å². The minimum atomic E-state index is -0.524. The molecule has 3 N–H and O–H groups in total. The predicted molar refractivity (Wildman–Crippen MR) is 103 cm³/mol. The number of nitrogen functional groups attached to an aromatic ring is 1. The highest BCUT2D eigenvalue weighted by molar-refractivity contribution is 6.31. The minimum absolute atomic E-state index is 0.0240. The first kappa shape index (κ1) is 16.8. The number of hydrogen-bond donors (Lipinski definition) is 2. The molecule has 0 aliphatic rings. The lowest BCUT2D eigenvalue weighted by Gasteiger charge is -2.06. The zero-order valence-corrected chi connectivity index (χ0v) is 14.5. The maximum atomic E-state index is 13.4. The van der Waals surface area contributed by atoms with Gasteiger partial charge in [-0.05, 0) is 36.4 Å². The molecular weight excluding hydrogens is 369 g/mol. The molecule has 0 saturated heterocycles. The van der Waals surface area contributed by atoms with Gasteiger partial charge in [-0.1, -0.05) is 24.2 Å². The number of nitrogens with one attached hydrogen (secondary N) is 1. The molecule has 0 aliphatic carbocycles. The molecule has 0 unspecified atom stereocenters. The Kier molecular flexibility index (Phi) is 4.11. The number of benzene rings is 1. The number of halogens is 2. The second kappa shape index (κ2) is 6.59. The van der Waals surface area contributed by atoms with Gasteiger partial charge in [0.25, 0.3) is 5.82 Å². The summed E-state index contributed by atoms with van der Waals surface area (Å²) in [5.74, 6) is -0.250. The molecule has 8 heteroatoms. The van der Waals surface area contributed by atoms with Crippen molar-refractivity contribution in [1.82, 2.24) is 9.97 Å². The monoisotopic (exact) mass is 379 g/mol. The molecule has 0 spiro atoms. The number of anilines is 3. The van der Waals surface area contributed by atoms with Gasteiger partial charge < -0.3 is 20.3 Å². The largest absolute Gasteiger partial charge is 0.434 e. The SMILES string of the molecule is [C-]#[N+]c1cc2c(Nc3ccc(F)c(Cl)c3)c(N)oc2c(-c2ccccn2)n1. The molecular formula is C19H11ClFN5O. The molecule has 132 valence electrons. The first-order valence-corrected chi connectivity index (χ1v) is 8.18. The lowest BCUT2D eigenvalue weighted by Crippen LogP contribution is -1.94. The molecule has 4 aromatic rings. The van der Waals surface area contributed by atoms with Crippen molar-refractivity contribution in [2.45, 2.75) is 0 Å². The number of aromatic nitrogens is 2. The van der Waals surface area contributed by atoms with Crippen LogP contribution >= 0.6 is 11.6 Å². The molecule has 3 heterocycles. The standard InChI is InChI=1S/C19H11ClFN5O/c1-23-15-9-11-16(25-10-5-6-13(21)12(20)8-10)19(22)27-18(11)17(26-15)14-4-2-3-7-24-14/h2-9,25H,22H2. The van der Waals surface area contributed by atoms with Crippen LogP contribution in [0.2, 0.25) is 5.02 Å². The van der Waals surface area contributed by atoms with Gasteiger partial charge in [-0.2, -0.15) is 0 Å². The van der Waals surface area contributed by atoms with Gasteiger partial charge in [-0.25, -0.2) is 4.39 Å². The molecule has 6 nitrogen and oxygen atoms in total. The summed E-state index contributed by atoms with van der Waals surface area (Å²) in [6, 6.07) is 11.1. The smallest absolute Gasteiger partial charge is 0.271 e. The number of fused-ring (bicyclic) bond motifs is 1. The van der Waals surface area contributed by atoms with Gasteiger partial charge in [-0.3, -0.25) is 4.98 Å². The van der Waals surface area contributed by atoms with E-state index in [0.717, 1.165) is 0 Å². The summed E-state index contributed by atoms with van der Waals surface area (Å²) in [6.45, 7) is 7.33. The van der Waals surface area contributed by atoms with E-state index in [1.807, 2.05) is 6.07 Å². The molecule has 0 bridgehead atoms. The Labute approximate surface area is 158 Å². The highest BCUT2D eigenvalue weighted by Crippen LogP contribution is 2.40. The first-order valence-electron chi connectivity index (χ1n) is 7.81. The third-order valence-corrected chi connectivity index (χ3v) is 4.19. The number of nitrogens with zero attached hydrogens (tertiary/aromatic N) is 3. The summed E-state index contributed by atoms with van der Waals surface area (Å²) in [5, 5.41) is 3.61. The number of pyridine rings is 2. The van der Waals surface area contributed by atoms with E-state index in [1.165, 1.54) is 18.2 Å². The molecule has 0 fully saturated rings. The second-order valence-corrected chi connectivity index (χ2v) is 6.03. The van der Waals surface area contributed by atoms with E-state index in [2.05, 4.69) is 20.1 Å². The molecule has 0 amide bonds. The van der Waals surface area contributed by atoms with Crippen molar-refractivity contribution in [3.05, 3.63) is 70.9 Å². The van der Waals surface area contributed by atoms with Gasteiger partial charge in [0.2, 0.25) is 11.6 Å². The van der Waals surface area contributed by atoms with Crippen LogP contribution in [0, 0.1) is 12.4 Å². The van der Waals surface area contributed by atoms with Gasteiger partial charge in [0.1, 0.15) is 17.2 Å². The molecule has 0 saturated carbocycles. The lowest BCUT2D eigenvalue weighted by molar-refractivity contribution is 0.628. The van der Waals surface area contributed by atoms with Crippen LogP contribution in [0.15, 0.2) is 53.1 Å². The van der Waals surface area contributed by atoms with Crippen LogP contribution in [0.25, 0.3) is 27.2 Å². The Morgan fingerprint density at radius 2 is 2.07 bits per heavy atom. The van der Waals surface area contributed by atoms with Crippen molar-refractivity contribution >= 4 is 45.6 Å². The Hall–Kier alpha value is -3.63. The van der Waals surface area contributed by atoms with E-state index >= 15 is 0 Å². The zero-order valence-electron chi connectivity index (χ0n) is 13.7. The summed E-state index contributed by atoms with van der Waals surface area (Å²) < 4.78 is 19.1. The van der Waals surface area contributed by atoms with Crippen LogP contribution in [-0.4, -0.2) is 9.97 Å². The molecule has 1 aromatic carbocycles. The van der Waals surface area contributed by atoms with Crippen LogP contribution in [0.4, 0.5) is 27.5 Å². The quantitative estimate of drug-likeness (QED) is 0.455. The third kappa shape index (κ3) is 3.03. The maximum absolute atomic E-state index is 13.4. The summed E-state index contributed by atoms with van der Waals surface area (Å²) in [6.07, 6.45) is 1.62. The van der Waals surface area contributed by atoms with Gasteiger partial charge in [0.05, 0.1) is 5.02 Å². The van der Waals surface area contributed by atoms with Gasteiger partial charge in [0.15, 0.2) is 5.58 Å². The Bertz CT molecular complexity index is 1200. The summed E-state index contributed by atoms with van der Waals surface area (Å²) >= 11 is 5.84. The first-order chi connectivity index (χ1) is 13.1. The highest BCUT2D eigenvalue weighted by atomic mass is 35.5. The summed E-state index contributed by atoms with van der Waals surface area (Å²) in [7, 11) is 0. The third-order valence-electron chi connectivity index (χ3n) is 3.90. The fourth-order valence-electron chi connectivity index (χ4n) is 2.68. The maximum Gasteiger partial charge on any atom is 0.271 e. The highest BCUT2D eigenvalue weighted by Gasteiger charge is 2.22. The van der Waals surface area contributed by atoms with Crippen molar-refractivity contribution in [1.29, 1.82) is 0 Å². The van der Waals surface area contributed by atoms with E-state index in [9.17, 15) is 4.39 Å². The van der Waals surface area contributed by atoms with Gasteiger partial charge in [-0.15, -0.1) is 4.98 Å². The van der Waals surface area contributed by atoms with E-state index in [-0.39, 0.29) is 16.7 Å². The van der Waals surface area contributed by atoms with Crippen LogP contribution in [0.3, 0.4) is 0 Å². The van der Waals surface area contributed by atoms with Crippen LogP contribution in [0.5, 0.6) is 0 Å². The van der Waals surface area contributed by atoms with Crippen molar-refractivity contribution in [2.75, 3.05) is 11.1 Å². The lowest BCUT2D eigenvalue weighted by atomic mass is 10.1.